The molecule has 1 amide bonds. The highest BCUT2D eigenvalue weighted by Crippen LogP contribution is 2.41. The van der Waals surface area contributed by atoms with Crippen molar-refractivity contribution in [1.29, 1.82) is 0 Å². The Bertz CT molecular complexity index is 1060. The molecule has 1 atom stereocenters. The Balaban J connectivity index is 2.25. The Hall–Kier alpha value is -3.12. The predicted molar refractivity (Wildman–Crippen MR) is 121 cm³/mol. The third-order valence-corrected chi connectivity index (χ3v) is 5.56. The van der Waals surface area contributed by atoms with E-state index in [4.69, 9.17) is 4.74 Å². The molecule has 0 bridgehead atoms. The number of hydrogen-bond donors (Lipinski definition) is 1. The number of carbonyl (C=O) groups excluding carboxylic acids is 2. The van der Waals surface area contributed by atoms with Gasteiger partial charge >= 0.3 is 0 Å². The summed E-state index contributed by atoms with van der Waals surface area (Å²) >= 11 is 0. The molecule has 1 aliphatic rings. The molecule has 0 aliphatic carbocycles. The molecule has 0 aromatic heterocycles. The fraction of sp³-hybridized carbons (Fsp3) is 0.360. The van der Waals surface area contributed by atoms with Crippen LogP contribution < -0.4 is 4.74 Å². The van der Waals surface area contributed by atoms with Crippen LogP contribution in [0.5, 0.6) is 5.75 Å². The number of ether oxygens (including phenoxy) is 1. The van der Waals surface area contributed by atoms with Crippen molar-refractivity contribution in [3.63, 3.8) is 0 Å². The average Bonchev–Trinajstić information content (AvgIpc) is 2.95. The molecule has 2 aromatic carbocycles. The number of aryl methyl sites for hydroxylation is 3. The van der Waals surface area contributed by atoms with Gasteiger partial charge in [-0.25, -0.2) is 0 Å². The number of likely N-dealkylation sites (N-methyl/N-ethyl adjacent to an activating group) is 1. The topological polar surface area (TPSA) is 70.1 Å². The molecule has 1 fully saturated rings. The third-order valence-electron chi connectivity index (χ3n) is 5.56. The number of aliphatic hydroxyl groups is 1. The molecule has 2 aromatic rings. The van der Waals surface area contributed by atoms with Gasteiger partial charge in [0.05, 0.1) is 24.3 Å². The number of hydrogen-bond acceptors (Lipinski definition) is 5. The highest BCUT2D eigenvalue weighted by Gasteiger charge is 2.46. The first-order valence-corrected chi connectivity index (χ1v) is 10.3. The number of likely N-dealkylation sites (tertiary alicyclic amines) is 1. The fourth-order valence-corrected chi connectivity index (χ4v) is 4.15. The van der Waals surface area contributed by atoms with Crippen molar-refractivity contribution in [3.05, 3.63) is 69.8 Å². The summed E-state index contributed by atoms with van der Waals surface area (Å²) < 4.78 is 5.53. The molecular weight excluding hydrogens is 392 g/mol. The molecule has 3 rings (SSSR count). The molecule has 1 heterocycles. The summed E-state index contributed by atoms with van der Waals surface area (Å²) in [5.74, 6) is -0.992. The molecule has 0 radical (unpaired) electrons. The molecule has 1 aliphatic heterocycles. The number of Topliss-reactive ketones (excluding diaryl/α,β-unsaturated/α-hetero) is 1. The molecule has 6 heteroatoms. The highest BCUT2D eigenvalue weighted by atomic mass is 16.5. The maximum atomic E-state index is 13.1. The van der Waals surface area contributed by atoms with Crippen LogP contribution in [-0.4, -0.2) is 60.9 Å². The maximum Gasteiger partial charge on any atom is 0.295 e. The first kappa shape index (κ1) is 22.6. The minimum absolute atomic E-state index is 0.0951. The summed E-state index contributed by atoms with van der Waals surface area (Å²) in [7, 11) is 5.36. The van der Waals surface area contributed by atoms with E-state index in [0.29, 0.717) is 24.4 Å². The van der Waals surface area contributed by atoms with Gasteiger partial charge in [0, 0.05) is 13.1 Å². The fourth-order valence-electron chi connectivity index (χ4n) is 4.15. The van der Waals surface area contributed by atoms with Crippen molar-refractivity contribution in [2.45, 2.75) is 26.8 Å². The quantitative estimate of drug-likeness (QED) is 0.438. The van der Waals surface area contributed by atoms with Gasteiger partial charge in [0.2, 0.25) is 0 Å². The van der Waals surface area contributed by atoms with E-state index < -0.39 is 17.7 Å². The van der Waals surface area contributed by atoms with Crippen molar-refractivity contribution in [2.24, 2.45) is 0 Å². The van der Waals surface area contributed by atoms with Crippen LogP contribution in [0.25, 0.3) is 5.76 Å². The van der Waals surface area contributed by atoms with Crippen LogP contribution in [0, 0.1) is 20.8 Å². The minimum atomic E-state index is -0.677. The van der Waals surface area contributed by atoms with Gasteiger partial charge < -0.3 is 19.6 Å². The lowest BCUT2D eigenvalue weighted by Crippen LogP contribution is -2.35. The summed E-state index contributed by atoms with van der Waals surface area (Å²) in [5.41, 5.74) is 4.09. The monoisotopic (exact) mass is 422 g/mol. The van der Waals surface area contributed by atoms with E-state index in [0.717, 1.165) is 22.3 Å². The molecule has 1 unspecified atom stereocenters. The molecular formula is C25H30N2O4. The van der Waals surface area contributed by atoms with Crippen LogP contribution in [0.1, 0.15) is 33.9 Å². The Labute approximate surface area is 183 Å². The normalized spacial score (nSPS) is 18.2. The molecule has 1 N–H and O–H groups in total. The van der Waals surface area contributed by atoms with Gasteiger partial charge in [-0.15, -0.1) is 0 Å². The number of rotatable bonds is 6. The van der Waals surface area contributed by atoms with Crippen LogP contribution in [0.4, 0.5) is 0 Å². The van der Waals surface area contributed by atoms with Crippen molar-refractivity contribution < 1.29 is 19.4 Å². The van der Waals surface area contributed by atoms with Gasteiger partial charge in [0.15, 0.2) is 0 Å². The zero-order valence-electron chi connectivity index (χ0n) is 19.0. The molecule has 31 heavy (non-hydrogen) atoms. The van der Waals surface area contributed by atoms with Crippen molar-refractivity contribution in [1.82, 2.24) is 9.80 Å². The van der Waals surface area contributed by atoms with Crippen molar-refractivity contribution >= 4 is 17.4 Å². The molecule has 164 valence electrons. The number of carbonyl (C=O) groups is 2. The smallest absolute Gasteiger partial charge is 0.295 e. The van der Waals surface area contributed by atoms with Crippen molar-refractivity contribution in [2.75, 3.05) is 34.3 Å². The van der Waals surface area contributed by atoms with E-state index in [1.807, 2.05) is 70.1 Å². The lowest BCUT2D eigenvalue weighted by atomic mass is 9.93. The first-order valence-electron chi connectivity index (χ1n) is 10.3. The average molecular weight is 423 g/mol. The summed E-state index contributed by atoms with van der Waals surface area (Å²) in [6, 6.07) is 10.8. The van der Waals surface area contributed by atoms with Crippen LogP contribution in [-0.2, 0) is 9.59 Å². The lowest BCUT2D eigenvalue weighted by molar-refractivity contribution is -0.140. The molecule has 0 spiro atoms. The molecule has 1 saturated heterocycles. The second kappa shape index (κ2) is 8.94. The zero-order valence-corrected chi connectivity index (χ0v) is 19.0. The second-order valence-corrected chi connectivity index (χ2v) is 8.37. The number of benzene rings is 2. The van der Waals surface area contributed by atoms with E-state index in [1.165, 1.54) is 7.11 Å². The van der Waals surface area contributed by atoms with Crippen LogP contribution in [0.15, 0.2) is 42.0 Å². The van der Waals surface area contributed by atoms with E-state index in [9.17, 15) is 14.7 Å². The van der Waals surface area contributed by atoms with Crippen molar-refractivity contribution in [3.8, 4) is 5.75 Å². The maximum absolute atomic E-state index is 13.1. The van der Waals surface area contributed by atoms with Gasteiger partial charge in [-0.05, 0) is 57.6 Å². The second-order valence-electron chi connectivity index (χ2n) is 8.37. The first-order chi connectivity index (χ1) is 14.6. The van der Waals surface area contributed by atoms with Gasteiger partial charge in [-0.2, -0.15) is 0 Å². The van der Waals surface area contributed by atoms with Gasteiger partial charge in [0.1, 0.15) is 11.5 Å². The summed E-state index contributed by atoms with van der Waals surface area (Å²) in [6.45, 7) is 6.73. The van der Waals surface area contributed by atoms with Crippen LogP contribution in [0.3, 0.4) is 0 Å². The number of aliphatic hydroxyl groups excluding tert-OH is 1. The van der Waals surface area contributed by atoms with E-state index in [2.05, 4.69) is 0 Å². The summed E-state index contributed by atoms with van der Waals surface area (Å²) in [5, 5.41) is 11.4. The minimum Gasteiger partial charge on any atom is -0.507 e. The third kappa shape index (κ3) is 4.35. The van der Waals surface area contributed by atoms with Crippen LogP contribution >= 0.6 is 0 Å². The van der Waals surface area contributed by atoms with E-state index >= 15 is 0 Å². The van der Waals surface area contributed by atoms with Gasteiger partial charge in [0.25, 0.3) is 11.7 Å². The summed E-state index contributed by atoms with van der Waals surface area (Å²) in [6.07, 6.45) is 0. The number of nitrogens with zero attached hydrogens (tertiary/aromatic N) is 2. The highest BCUT2D eigenvalue weighted by molar-refractivity contribution is 6.46. The van der Waals surface area contributed by atoms with E-state index in [1.54, 1.807) is 11.0 Å². The Morgan fingerprint density at radius 3 is 2.42 bits per heavy atom. The number of methoxy groups -OCH3 is 1. The zero-order chi connectivity index (χ0) is 22.9. The Morgan fingerprint density at radius 1 is 1.10 bits per heavy atom. The van der Waals surface area contributed by atoms with E-state index in [-0.39, 0.29) is 11.3 Å². The Kier molecular flexibility index (Phi) is 6.51. The molecule has 6 nitrogen and oxygen atoms in total. The molecule has 0 saturated carbocycles. The van der Waals surface area contributed by atoms with Crippen LogP contribution in [0.2, 0.25) is 0 Å². The standard InChI is InChI=1S/C25H30N2O4/c1-15-8-7-9-18(13-15)21-20(23(29)25(30)27(21)11-10-26(4)5)22(28)19-14-16(2)12-17(3)24(19)31-6/h7-9,12-14,21,28H,10-11H2,1-6H3/b22-20+. The van der Waals surface area contributed by atoms with Gasteiger partial charge in [-0.3, -0.25) is 9.59 Å². The number of ketones is 1. The number of amides is 1. The van der Waals surface area contributed by atoms with Gasteiger partial charge in [-0.1, -0.05) is 35.9 Å². The summed E-state index contributed by atoms with van der Waals surface area (Å²) in [4.78, 5) is 29.7. The Morgan fingerprint density at radius 2 is 1.81 bits per heavy atom. The largest absolute Gasteiger partial charge is 0.507 e. The lowest BCUT2D eigenvalue weighted by Gasteiger charge is -2.27. The predicted octanol–water partition coefficient (Wildman–Crippen LogP) is 3.60. The SMILES string of the molecule is COc1c(C)cc(C)cc1/C(O)=C1\C(=O)C(=O)N(CCN(C)C)C1c1cccc(C)c1.